The van der Waals surface area contributed by atoms with E-state index in [1.54, 1.807) is 0 Å². The van der Waals surface area contributed by atoms with Gasteiger partial charge in [-0.15, -0.1) is 0 Å². The van der Waals surface area contributed by atoms with E-state index >= 15 is 0 Å². The van der Waals surface area contributed by atoms with Gasteiger partial charge in [-0.2, -0.15) is 0 Å². The number of Topliss-reactive ketones (excluding diaryl/α,β-unsaturated/α-hetero) is 1. The molecule has 0 spiro atoms. The average molecular weight is 363 g/mol. The predicted molar refractivity (Wildman–Crippen MR) is 96.0 cm³/mol. The third kappa shape index (κ3) is 3.43. The summed E-state index contributed by atoms with van der Waals surface area (Å²) in [6, 6.07) is 8.36. The van der Waals surface area contributed by atoms with Crippen LogP contribution in [0.4, 0.5) is 5.69 Å². The summed E-state index contributed by atoms with van der Waals surface area (Å²) in [6.07, 6.45) is 0. The molecule has 0 amide bonds. The lowest BCUT2D eigenvalue weighted by Crippen LogP contribution is -2.15. The number of nitrogens with zero attached hydrogens (tertiary/aromatic N) is 1. The minimum atomic E-state index is 0.127. The molecule has 0 radical (unpaired) electrons. The molecule has 0 aliphatic heterocycles. The zero-order valence-corrected chi connectivity index (χ0v) is 15.4. The smallest absolute Gasteiger partial charge is 0.183 e. The molecule has 1 N–H and O–H groups in total. The molecule has 2 rings (SSSR count). The summed E-state index contributed by atoms with van der Waals surface area (Å²) < 4.78 is 3.25. The summed E-state index contributed by atoms with van der Waals surface area (Å²) in [5, 5.41) is 3.24. The van der Waals surface area contributed by atoms with Crippen molar-refractivity contribution < 1.29 is 4.79 Å². The second-order valence-electron chi connectivity index (χ2n) is 5.98. The average Bonchev–Trinajstić information content (AvgIpc) is 2.72. The molecule has 3 nitrogen and oxygen atoms in total. The van der Waals surface area contributed by atoms with Gasteiger partial charge in [-0.1, -0.05) is 15.9 Å². The van der Waals surface area contributed by atoms with Gasteiger partial charge < -0.3 is 9.88 Å². The van der Waals surface area contributed by atoms with Crippen LogP contribution in [0.3, 0.4) is 0 Å². The largest absolute Gasteiger partial charge is 0.377 e. The van der Waals surface area contributed by atoms with Crippen LogP contribution in [0.1, 0.15) is 47.2 Å². The Morgan fingerprint density at radius 2 is 1.91 bits per heavy atom. The van der Waals surface area contributed by atoms with Gasteiger partial charge in [0.25, 0.3) is 0 Å². The molecule has 0 atom stereocenters. The molecule has 1 aromatic carbocycles. The van der Waals surface area contributed by atoms with Crippen LogP contribution in [0.2, 0.25) is 0 Å². The summed E-state index contributed by atoms with van der Waals surface area (Å²) in [5.41, 5.74) is 5.11. The molecule has 1 aromatic heterocycles. The van der Waals surface area contributed by atoms with E-state index in [-0.39, 0.29) is 5.78 Å². The Morgan fingerprint density at radius 1 is 1.23 bits per heavy atom. The highest BCUT2D eigenvalue weighted by molar-refractivity contribution is 9.10. The first kappa shape index (κ1) is 16.8. The summed E-state index contributed by atoms with van der Waals surface area (Å²) in [6.45, 7) is 10.7. The highest BCUT2D eigenvalue weighted by Gasteiger charge is 2.17. The molecule has 0 fully saturated rings. The van der Waals surface area contributed by atoms with Crippen LogP contribution in [-0.4, -0.2) is 16.9 Å². The Balaban J connectivity index is 2.15. The van der Waals surface area contributed by atoms with Crippen molar-refractivity contribution in [2.24, 2.45) is 0 Å². The SMILES string of the molecule is Cc1cc(Br)ccc1NCC(=O)c1cc(C)n(C(C)C)c1C. The highest BCUT2D eigenvalue weighted by atomic mass is 79.9. The number of aromatic nitrogens is 1. The van der Waals surface area contributed by atoms with Crippen molar-refractivity contribution in [3.05, 3.63) is 51.3 Å². The fourth-order valence-corrected chi connectivity index (χ4v) is 3.43. The minimum Gasteiger partial charge on any atom is -0.377 e. The summed E-state index contributed by atoms with van der Waals surface area (Å²) in [7, 11) is 0. The van der Waals surface area contributed by atoms with Crippen LogP contribution in [0.5, 0.6) is 0 Å². The molecule has 0 aliphatic carbocycles. The molecule has 1 heterocycles. The van der Waals surface area contributed by atoms with Crippen molar-refractivity contribution in [1.82, 2.24) is 4.57 Å². The molecule has 0 saturated heterocycles. The molecular weight excluding hydrogens is 340 g/mol. The Morgan fingerprint density at radius 3 is 2.45 bits per heavy atom. The molecule has 22 heavy (non-hydrogen) atoms. The van der Waals surface area contributed by atoms with Gasteiger partial charge in [0.05, 0.1) is 6.54 Å². The minimum absolute atomic E-state index is 0.127. The van der Waals surface area contributed by atoms with Gasteiger partial charge in [0.15, 0.2) is 5.78 Å². The molecule has 0 unspecified atom stereocenters. The van der Waals surface area contributed by atoms with Crippen molar-refractivity contribution in [2.45, 2.75) is 40.7 Å². The number of hydrogen-bond donors (Lipinski definition) is 1. The van der Waals surface area contributed by atoms with Crippen molar-refractivity contribution in [1.29, 1.82) is 0 Å². The molecule has 0 aliphatic rings. The van der Waals surface area contributed by atoms with E-state index in [4.69, 9.17) is 0 Å². The molecule has 2 aromatic rings. The van der Waals surface area contributed by atoms with Crippen LogP contribution in [-0.2, 0) is 0 Å². The molecular formula is C18H23BrN2O. The van der Waals surface area contributed by atoms with Gasteiger partial charge in [0.1, 0.15) is 0 Å². The van der Waals surface area contributed by atoms with Crippen molar-refractivity contribution in [2.75, 3.05) is 11.9 Å². The molecule has 118 valence electrons. The highest BCUT2D eigenvalue weighted by Crippen LogP contribution is 2.22. The number of anilines is 1. The standard InChI is InChI=1S/C18H23BrN2O/c1-11(2)21-13(4)9-16(14(21)5)18(22)10-20-17-7-6-15(19)8-12(17)3/h6-9,11,20H,10H2,1-5H3. The van der Waals surface area contributed by atoms with E-state index in [9.17, 15) is 4.79 Å². The quantitative estimate of drug-likeness (QED) is 0.754. The van der Waals surface area contributed by atoms with Gasteiger partial charge in [-0.05, 0) is 64.4 Å². The molecule has 4 heteroatoms. The topological polar surface area (TPSA) is 34.0 Å². The Hall–Kier alpha value is -1.55. The number of carbonyl (C=O) groups excluding carboxylic acids is 1. The first-order valence-electron chi connectivity index (χ1n) is 7.53. The maximum Gasteiger partial charge on any atom is 0.183 e. The maximum absolute atomic E-state index is 12.5. The fourth-order valence-electron chi connectivity index (χ4n) is 2.95. The number of halogens is 1. The van der Waals surface area contributed by atoms with Gasteiger partial charge in [-0.25, -0.2) is 0 Å². The van der Waals surface area contributed by atoms with E-state index in [0.717, 1.165) is 32.7 Å². The predicted octanol–water partition coefficient (Wildman–Crippen LogP) is 5.05. The van der Waals surface area contributed by atoms with E-state index in [2.05, 4.69) is 46.6 Å². The second-order valence-corrected chi connectivity index (χ2v) is 6.90. The Bertz CT molecular complexity index is 701. The lowest BCUT2D eigenvalue weighted by atomic mass is 10.1. The number of benzene rings is 1. The van der Waals surface area contributed by atoms with E-state index in [0.29, 0.717) is 12.6 Å². The number of rotatable bonds is 5. The second kappa shape index (κ2) is 6.69. The first-order chi connectivity index (χ1) is 10.3. The number of nitrogens with one attached hydrogen (secondary N) is 1. The van der Waals surface area contributed by atoms with E-state index in [1.807, 2.05) is 38.1 Å². The van der Waals surface area contributed by atoms with Crippen LogP contribution >= 0.6 is 15.9 Å². The lowest BCUT2D eigenvalue weighted by molar-refractivity contribution is 0.101. The van der Waals surface area contributed by atoms with Crippen molar-refractivity contribution >= 4 is 27.4 Å². The van der Waals surface area contributed by atoms with Crippen molar-refractivity contribution in [3.63, 3.8) is 0 Å². The number of carbonyl (C=O) groups is 1. The van der Waals surface area contributed by atoms with Gasteiger partial charge in [-0.3, -0.25) is 4.79 Å². The third-order valence-electron chi connectivity index (χ3n) is 3.93. The number of hydrogen-bond acceptors (Lipinski definition) is 2. The summed E-state index contributed by atoms with van der Waals surface area (Å²) >= 11 is 3.45. The number of ketones is 1. The summed E-state index contributed by atoms with van der Waals surface area (Å²) in [4.78, 5) is 12.5. The normalized spacial score (nSPS) is 11.0. The van der Waals surface area contributed by atoms with Crippen LogP contribution in [0.15, 0.2) is 28.7 Å². The van der Waals surface area contributed by atoms with Crippen LogP contribution < -0.4 is 5.32 Å². The van der Waals surface area contributed by atoms with Crippen LogP contribution in [0.25, 0.3) is 0 Å². The van der Waals surface area contributed by atoms with Crippen LogP contribution in [0, 0.1) is 20.8 Å². The molecule has 0 bridgehead atoms. The maximum atomic E-state index is 12.5. The van der Waals surface area contributed by atoms with Gasteiger partial charge >= 0.3 is 0 Å². The Kier molecular flexibility index (Phi) is 5.12. The van der Waals surface area contributed by atoms with E-state index < -0.39 is 0 Å². The zero-order chi connectivity index (χ0) is 16.4. The fraction of sp³-hybridized carbons (Fsp3) is 0.389. The van der Waals surface area contributed by atoms with E-state index in [1.165, 1.54) is 0 Å². The van der Waals surface area contributed by atoms with Gasteiger partial charge in [0, 0.05) is 33.2 Å². The lowest BCUT2D eigenvalue weighted by Gasteiger charge is -2.14. The zero-order valence-electron chi connectivity index (χ0n) is 13.8. The monoisotopic (exact) mass is 362 g/mol. The Labute approximate surface area is 140 Å². The van der Waals surface area contributed by atoms with Crippen molar-refractivity contribution in [3.8, 4) is 0 Å². The third-order valence-corrected chi connectivity index (χ3v) is 4.42. The summed E-state index contributed by atoms with van der Waals surface area (Å²) in [5.74, 6) is 0.127. The molecule has 0 saturated carbocycles. The first-order valence-corrected chi connectivity index (χ1v) is 8.32. The van der Waals surface area contributed by atoms with Gasteiger partial charge in [0.2, 0.25) is 0 Å². The number of aryl methyl sites for hydroxylation is 2.